The zero-order valence-corrected chi connectivity index (χ0v) is 11.7. The van der Waals surface area contributed by atoms with E-state index in [-0.39, 0.29) is 11.3 Å². The summed E-state index contributed by atoms with van der Waals surface area (Å²) >= 11 is 0. The lowest BCUT2D eigenvalue weighted by atomic mass is 9.83. The highest BCUT2D eigenvalue weighted by molar-refractivity contribution is 5.96. The van der Waals surface area contributed by atoms with Crippen LogP contribution in [0.3, 0.4) is 0 Å². The Labute approximate surface area is 109 Å². The van der Waals surface area contributed by atoms with Crippen molar-refractivity contribution in [1.82, 2.24) is 10.2 Å². The predicted octanol–water partition coefficient (Wildman–Crippen LogP) is 2.03. The molecule has 0 aliphatic carbocycles. The third-order valence-corrected chi connectivity index (χ3v) is 3.59. The molecule has 1 aromatic rings. The standard InChI is InChI=1S/C15H22N2O/c1-15(2,3)13-8-6-5-7-12(13)14(18)17(4)11-9-16-10-11/h5-8,11,16H,9-10H2,1-4H3. The zero-order chi connectivity index (χ0) is 13.3. The van der Waals surface area contributed by atoms with Crippen molar-refractivity contribution in [3.63, 3.8) is 0 Å². The maximum atomic E-state index is 12.5. The molecule has 0 bridgehead atoms. The van der Waals surface area contributed by atoms with Gasteiger partial charge in [-0.1, -0.05) is 39.0 Å². The van der Waals surface area contributed by atoms with Crippen LogP contribution in [0, 0.1) is 0 Å². The minimum absolute atomic E-state index is 0.00897. The van der Waals surface area contributed by atoms with Gasteiger partial charge >= 0.3 is 0 Å². The normalized spacial score (nSPS) is 16.2. The number of hydrogen-bond donors (Lipinski definition) is 1. The summed E-state index contributed by atoms with van der Waals surface area (Å²) in [6.07, 6.45) is 0. The first-order chi connectivity index (χ1) is 8.41. The van der Waals surface area contributed by atoms with Gasteiger partial charge in [0.05, 0.1) is 6.04 Å². The summed E-state index contributed by atoms with van der Waals surface area (Å²) in [7, 11) is 1.90. The van der Waals surface area contributed by atoms with E-state index in [4.69, 9.17) is 0 Å². The molecule has 1 N–H and O–H groups in total. The van der Waals surface area contributed by atoms with E-state index in [9.17, 15) is 4.79 Å². The number of nitrogens with zero attached hydrogens (tertiary/aromatic N) is 1. The molecule has 2 rings (SSSR count). The summed E-state index contributed by atoms with van der Waals surface area (Å²) in [4.78, 5) is 14.4. The molecular formula is C15H22N2O. The zero-order valence-electron chi connectivity index (χ0n) is 11.7. The average Bonchev–Trinajstić information content (AvgIpc) is 2.24. The van der Waals surface area contributed by atoms with Crippen LogP contribution in [0.1, 0.15) is 36.7 Å². The molecule has 0 atom stereocenters. The lowest BCUT2D eigenvalue weighted by molar-refractivity contribution is 0.0678. The Balaban J connectivity index is 2.29. The van der Waals surface area contributed by atoms with Gasteiger partial charge in [0.15, 0.2) is 0 Å². The van der Waals surface area contributed by atoms with E-state index in [1.54, 1.807) is 0 Å². The van der Waals surface area contributed by atoms with Crippen molar-refractivity contribution in [2.24, 2.45) is 0 Å². The van der Waals surface area contributed by atoms with Crippen LogP contribution in [0.25, 0.3) is 0 Å². The van der Waals surface area contributed by atoms with Crippen molar-refractivity contribution >= 4 is 5.91 Å². The van der Waals surface area contributed by atoms with Crippen LogP contribution in [0.2, 0.25) is 0 Å². The van der Waals surface area contributed by atoms with E-state index in [1.807, 2.05) is 30.1 Å². The fourth-order valence-corrected chi connectivity index (χ4v) is 2.23. The second-order valence-electron chi connectivity index (χ2n) is 6.02. The molecule has 1 aliphatic rings. The number of likely N-dealkylation sites (N-methyl/N-ethyl adjacent to an activating group) is 1. The Morgan fingerprint density at radius 1 is 1.28 bits per heavy atom. The monoisotopic (exact) mass is 246 g/mol. The highest BCUT2D eigenvalue weighted by Crippen LogP contribution is 2.26. The van der Waals surface area contributed by atoms with Gasteiger partial charge in [0.2, 0.25) is 0 Å². The summed E-state index contributed by atoms with van der Waals surface area (Å²) in [5.74, 6) is 0.132. The molecule has 1 saturated heterocycles. The van der Waals surface area contributed by atoms with E-state index < -0.39 is 0 Å². The number of benzene rings is 1. The maximum Gasteiger partial charge on any atom is 0.254 e. The molecular weight excluding hydrogens is 224 g/mol. The summed E-state index contributed by atoms with van der Waals surface area (Å²) < 4.78 is 0. The summed E-state index contributed by atoms with van der Waals surface area (Å²) in [6.45, 7) is 8.23. The van der Waals surface area contributed by atoms with E-state index in [2.05, 4.69) is 32.2 Å². The fourth-order valence-electron chi connectivity index (χ4n) is 2.23. The van der Waals surface area contributed by atoms with E-state index >= 15 is 0 Å². The first kappa shape index (κ1) is 13.1. The lowest BCUT2D eigenvalue weighted by Crippen LogP contribution is -2.57. The highest BCUT2D eigenvalue weighted by atomic mass is 16.2. The Morgan fingerprint density at radius 3 is 2.39 bits per heavy atom. The SMILES string of the molecule is CN(C(=O)c1ccccc1C(C)(C)C)C1CNC1. The first-order valence-corrected chi connectivity index (χ1v) is 6.48. The molecule has 18 heavy (non-hydrogen) atoms. The number of hydrogen-bond acceptors (Lipinski definition) is 2. The predicted molar refractivity (Wildman–Crippen MR) is 73.9 cm³/mol. The summed E-state index contributed by atoms with van der Waals surface area (Å²) in [5.41, 5.74) is 1.94. The van der Waals surface area contributed by atoms with Crippen LogP contribution in [0.4, 0.5) is 0 Å². The Kier molecular flexibility index (Phi) is 3.44. The minimum atomic E-state index is -0.00897. The van der Waals surface area contributed by atoms with Gasteiger partial charge in [0.1, 0.15) is 0 Å². The number of carbonyl (C=O) groups is 1. The third kappa shape index (κ3) is 2.41. The Bertz CT molecular complexity index is 444. The second-order valence-corrected chi connectivity index (χ2v) is 6.02. The van der Waals surface area contributed by atoms with Crippen molar-refractivity contribution in [1.29, 1.82) is 0 Å². The van der Waals surface area contributed by atoms with E-state index in [1.165, 1.54) is 0 Å². The molecule has 1 aromatic carbocycles. The third-order valence-electron chi connectivity index (χ3n) is 3.59. The van der Waals surface area contributed by atoms with Gasteiger partial charge in [-0.25, -0.2) is 0 Å². The number of nitrogens with one attached hydrogen (secondary N) is 1. The molecule has 1 fully saturated rings. The largest absolute Gasteiger partial charge is 0.336 e. The molecule has 3 nitrogen and oxygen atoms in total. The number of carbonyl (C=O) groups excluding carboxylic acids is 1. The summed E-state index contributed by atoms with van der Waals surface area (Å²) in [6, 6.07) is 8.27. The minimum Gasteiger partial charge on any atom is -0.336 e. The van der Waals surface area contributed by atoms with Crippen molar-refractivity contribution in [3.8, 4) is 0 Å². The van der Waals surface area contributed by atoms with Crippen LogP contribution < -0.4 is 5.32 Å². The first-order valence-electron chi connectivity index (χ1n) is 6.48. The lowest BCUT2D eigenvalue weighted by Gasteiger charge is -2.36. The van der Waals surface area contributed by atoms with Gasteiger partial charge in [0.25, 0.3) is 5.91 Å². The van der Waals surface area contributed by atoms with Gasteiger partial charge in [-0.05, 0) is 17.0 Å². The number of rotatable bonds is 2. The molecule has 0 unspecified atom stereocenters. The molecule has 0 spiro atoms. The molecule has 98 valence electrons. The van der Waals surface area contributed by atoms with Crippen molar-refractivity contribution in [2.45, 2.75) is 32.2 Å². The molecule has 3 heteroatoms. The van der Waals surface area contributed by atoms with Crippen molar-refractivity contribution in [2.75, 3.05) is 20.1 Å². The van der Waals surface area contributed by atoms with Gasteiger partial charge < -0.3 is 10.2 Å². The summed E-state index contributed by atoms with van der Waals surface area (Å²) in [5, 5.41) is 3.20. The number of amides is 1. The van der Waals surface area contributed by atoms with Gasteiger partial charge in [0, 0.05) is 25.7 Å². The second kappa shape index (κ2) is 4.73. The molecule has 0 radical (unpaired) electrons. The molecule has 1 heterocycles. The van der Waals surface area contributed by atoms with E-state index in [0.29, 0.717) is 6.04 Å². The molecule has 1 amide bonds. The average molecular weight is 246 g/mol. The molecule has 0 saturated carbocycles. The van der Waals surface area contributed by atoms with E-state index in [0.717, 1.165) is 24.2 Å². The van der Waals surface area contributed by atoms with Crippen LogP contribution in [-0.4, -0.2) is 37.0 Å². The van der Waals surface area contributed by atoms with Gasteiger partial charge in [-0.3, -0.25) is 4.79 Å². The fraction of sp³-hybridized carbons (Fsp3) is 0.533. The highest BCUT2D eigenvalue weighted by Gasteiger charge is 2.29. The molecule has 0 aromatic heterocycles. The van der Waals surface area contributed by atoms with Crippen LogP contribution >= 0.6 is 0 Å². The smallest absolute Gasteiger partial charge is 0.254 e. The van der Waals surface area contributed by atoms with Gasteiger partial charge in [-0.2, -0.15) is 0 Å². The molecule has 1 aliphatic heterocycles. The van der Waals surface area contributed by atoms with Crippen molar-refractivity contribution < 1.29 is 4.79 Å². The maximum absolute atomic E-state index is 12.5. The quantitative estimate of drug-likeness (QED) is 0.866. The van der Waals surface area contributed by atoms with Gasteiger partial charge in [-0.15, -0.1) is 0 Å². The van der Waals surface area contributed by atoms with Crippen LogP contribution in [0.15, 0.2) is 24.3 Å². The van der Waals surface area contributed by atoms with Crippen LogP contribution in [0.5, 0.6) is 0 Å². The van der Waals surface area contributed by atoms with Crippen molar-refractivity contribution in [3.05, 3.63) is 35.4 Å². The van der Waals surface area contributed by atoms with Crippen LogP contribution in [-0.2, 0) is 5.41 Å². The Hall–Kier alpha value is -1.35. The topological polar surface area (TPSA) is 32.3 Å². The Morgan fingerprint density at radius 2 is 1.89 bits per heavy atom.